The minimum atomic E-state index is 0.858. The molecule has 0 bridgehead atoms. The Bertz CT molecular complexity index is 2760. The zero-order valence-corrected chi connectivity index (χ0v) is 24.2. The van der Waals surface area contributed by atoms with Gasteiger partial charge in [0.25, 0.3) is 0 Å². The first-order chi connectivity index (χ1) is 22.3. The smallest absolute Gasteiger partial charge is 0.115 e. The number of hydrogen-bond acceptors (Lipinski definition) is 2. The number of rotatable bonds is 3. The third-order valence-electron chi connectivity index (χ3n) is 9.07. The number of para-hydroxylation sites is 3. The highest BCUT2D eigenvalue weighted by molar-refractivity contribution is 6.29. The summed E-state index contributed by atoms with van der Waals surface area (Å²) in [5.41, 5.74) is 9.62. The topological polar surface area (TPSA) is 40.6 Å². The van der Waals surface area contributed by atoms with E-state index in [9.17, 15) is 0 Å². The molecule has 5 nitrogen and oxygen atoms in total. The Morgan fingerprint density at radius 3 is 1.62 bits per heavy atom. The molecule has 10 rings (SSSR count). The highest BCUT2D eigenvalue weighted by atomic mass is 15.5. The van der Waals surface area contributed by atoms with E-state index in [4.69, 9.17) is 10.2 Å². The molecule has 0 unspecified atom stereocenters. The normalized spacial score (nSPS) is 12.0. The van der Waals surface area contributed by atoms with Crippen molar-refractivity contribution >= 4 is 65.4 Å². The number of benzene rings is 7. The van der Waals surface area contributed by atoms with Gasteiger partial charge in [0.15, 0.2) is 0 Å². The van der Waals surface area contributed by atoms with Crippen LogP contribution in [-0.4, -0.2) is 24.1 Å². The minimum absolute atomic E-state index is 0.858. The molecule has 45 heavy (non-hydrogen) atoms. The van der Waals surface area contributed by atoms with Gasteiger partial charge in [-0.3, -0.25) is 0 Å². The summed E-state index contributed by atoms with van der Waals surface area (Å²) in [5, 5.41) is 17.1. The zero-order chi connectivity index (χ0) is 29.5. The molecule has 5 heteroatoms. The number of aromatic nitrogens is 5. The molecular weight excluding hydrogens is 550 g/mol. The molecule has 0 saturated carbocycles. The Kier molecular flexibility index (Phi) is 4.93. The molecule has 210 valence electrons. The molecule has 0 N–H and O–H groups in total. The summed E-state index contributed by atoms with van der Waals surface area (Å²) < 4.78 is 4.78. The average molecular weight is 576 g/mol. The lowest BCUT2D eigenvalue weighted by molar-refractivity contribution is 0.766. The number of hydrogen-bond donors (Lipinski definition) is 0. The van der Waals surface area contributed by atoms with E-state index < -0.39 is 0 Å². The van der Waals surface area contributed by atoms with Gasteiger partial charge in [0.05, 0.1) is 27.8 Å². The van der Waals surface area contributed by atoms with Gasteiger partial charge >= 0.3 is 0 Å². The molecule has 3 aromatic heterocycles. The number of fused-ring (bicyclic) bond motifs is 9. The summed E-state index contributed by atoms with van der Waals surface area (Å²) in [7, 11) is 0. The largest absolute Gasteiger partial charge is 0.309 e. The maximum atomic E-state index is 4.85. The van der Waals surface area contributed by atoms with E-state index in [0.29, 0.717) is 0 Å². The van der Waals surface area contributed by atoms with Gasteiger partial charge in [-0.2, -0.15) is 4.80 Å². The second kappa shape index (κ2) is 9.15. The van der Waals surface area contributed by atoms with Crippen LogP contribution in [0.3, 0.4) is 0 Å². The van der Waals surface area contributed by atoms with Gasteiger partial charge < -0.3 is 9.13 Å². The monoisotopic (exact) mass is 575 g/mol. The second-order valence-corrected chi connectivity index (χ2v) is 11.6. The van der Waals surface area contributed by atoms with Crippen LogP contribution in [-0.2, 0) is 0 Å². The molecule has 0 aliphatic carbocycles. The second-order valence-electron chi connectivity index (χ2n) is 11.6. The van der Waals surface area contributed by atoms with E-state index in [1.54, 1.807) is 4.80 Å². The quantitative estimate of drug-likeness (QED) is 0.210. The highest BCUT2D eigenvalue weighted by Crippen LogP contribution is 2.42. The first-order valence-electron chi connectivity index (χ1n) is 15.2. The lowest BCUT2D eigenvalue weighted by Crippen LogP contribution is -1.97. The van der Waals surface area contributed by atoms with Crippen LogP contribution in [0.25, 0.3) is 82.5 Å². The van der Waals surface area contributed by atoms with Crippen molar-refractivity contribution in [1.82, 2.24) is 24.1 Å². The standard InChI is InChI=1S/C40H25N5/c1-2-12-28(13-3-1)45-41-33-21-20-30(25-34(33)42-45)44-36-17-9-7-15-32(36)40-38(44)23-22-37-39(40)31-14-6-8-16-35(31)43(37)29-19-18-26-10-4-5-11-27(26)24-29/h1-25H. The Balaban J connectivity index is 1.27. The van der Waals surface area contributed by atoms with Gasteiger partial charge in [-0.05, 0) is 77.5 Å². The molecule has 0 atom stereocenters. The highest BCUT2D eigenvalue weighted by Gasteiger charge is 2.20. The molecule has 0 spiro atoms. The summed E-state index contributed by atoms with van der Waals surface area (Å²) in [6, 6.07) is 53.8. The van der Waals surface area contributed by atoms with Gasteiger partial charge in [-0.25, -0.2) is 0 Å². The lowest BCUT2D eigenvalue weighted by atomic mass is 10.1. The van der Waals surface area contributed by atoms with Crippen molar-refractivity contribution in [1.29, 1.82) is 0 Å². The van der Waals surface area contributed by atoms with Crippen LogP contribution in [0.2, 0.25) is 0 Å². The van der Waals surface area contributed by atoms with Crippen LogP contribution in [0.5, 0.6) is 0 Å². The predicted octanol–water partition coefficient (Wildman–Crippen LogP) is 9.77. The van der Waals surface area contributed by atoms with Gasteiger partial charge in [0, 0.05) is 32.9 Å². The molecule has 3 heterocycles. The van der Waals surface area contributed by atoms with Crippen LogP contribution < -0.4 is 0 Å². The van der Waals surface area contributed by atoms with Gasteiger partial charge in [-0.15, -0.1) is 10.2 Å². The summed E-state index contributed by atoms with van der Waals surface area (Å²) >= 11 is 0. The van der Waals surface area contributed by atoms with Gasteiger partial charge in [0.2, 0.25) is 0 Å². The van der Waals surface area contributed by atoms with Crippen molar-refractivity contribution in [2.75, 3.05) is 0 Å². The van der Waals surface area contributed by atoms with Crippen LogP contribution in [0, 0.1) is 0 Å². The summed E-state index contributed by atoms with van der Waals surface area (Å²) in [4.78, 5) is 1.71. The Labute approximate surface area is 257 Å². The maximum absolute atomic E-state index is 4.85. The first-order valence-corrected chi connectivity index (χ1v) is 15.2. The third kappa shape index (κ3) is 3.49. The van der Waals surface area contributed by atoms with Crippen molar-refractivity contribution < 1.29 is 0 Å². The molecule has 10 aromatic rings. The van der Waals surface area contributed by atoms with Crippen LogP contribution >= 0.6 is 0 Å². The Morgan fingerprint density at radius 2 is 0.911 bits per heavy atom. The van der Waals surface area contributed by atoms with E-state index in [1.807, 2.05) is 30.3 Å². The SMILES string of the molecule is c1ccc(-n2nc3ccc(-n4c5ccccc5c5c6c7ccccc7n(-c7ccc8ccccc8c7)c6ccc54)cc3n2)cc1. The van der Waals surface area contributed by atoms with Crippen LogP contribution in [0.15, 0.2) is 152 Å². The van der Waals surface area contributed by atoms with Crippen LogP contribution in [0.4, 0.5) is 0 Å². The Morgan fingerprint density at radius 1 is 0.356 bits per heavy atom. The molecular formula is C40H25N5. The van der Waals surface area contributed by atoms with E-state index in [0.717, 1.165) is 33.6 Å². The summed E-state index contributed by atoms with van der Waals surface area (Å²) in [6.45, 7) is 0. The zero-order valence-electron chi connectivity index (χ0n) is 24.2. The summed E-state index contributed by atoms with van der Waals surface area (Å²) in [6.07, 6.45) is 0. The van der Waals surface area contributed by atoms with E-state index in [-0.39, 0.29) is 0 Å². The fraction of sp³-hybridized carbons (Fsp3) is 0. The predicted molar refractivity (Wildman–Crippen MR) is 185 cm³/mol. The van der Waals surface area contributed by atoms with Crippen molar-refractivity contribution in [2.24, 2.45) is 0 Å². The fourth-order valence-corrected chi connectivity index (χ4v) is 7.11. The van der Waals surface area contributed by atoms with Crippen molar-refractivity contribution in [3.63, 3.8) is 0 Å². The molecule has 0 fully saturated rings. The lowest BCUT2D eigenvalue weighted by Gasteiger charge is -2.10. The molecule has 0 radical (unpaired) electrons. The maximum Gasteiger partial charge on any atom is 0.115 e. The van der Waals surface area contributed by atoms with Gasteiger partial charge in [0.1, 0.15) is 11.0 Å². The van der Waals surface area contributed by atoms with Gasteiger partial charge in [-0.1, -0.05) is 84.9 Å². The minimum Gasteiger partial charge on any atom is -0.309 e. The number of nitrogens with zero attached hydrogens (tertiary/aromatic N) is 5. The third-order valence-corrected chi connectivity index (χ3v) is 9.07. The molecule has 0 aliphatic heterocycles. The molecule has 0 saturated heterocycles. The molecule has 7 aromatic carbocycles. The average Bonchev–Trinajstić information content (AvgIpc) is 3.78. The van der Waals surface area contributed by atoms with Crippen molar-refractivity contribution in [2.45, 2.75) is 0 Å². The van der Waals surface area contributed by atoms with Crippen molar-refractivity contribution in [3.05, 3.63) is 152 Å². The first kappa shape index (κ1) is 24.3. The van der Waals surface area contributed by atoms with E-state index in [1.165, 1.54) is 48.9 Å². The van der Waals surface area contributed by atoms with Crippen LogP contribution in [0.1, 0.15) is 0 Å². The summed E-state index contributed by atoms with van der Waals surface area (Å²) in [5.74, 6) is 0. The fourth-order valence-electron chi connectivity index (χ4n) is 7.11. The molecule has 0 amide bonds. The molecule has 0 aliphatic rings. The van der Waals surface area contributed by atoms with E-state index in [2.05, 4.69) is 130 Å². The van der Waals surface area contributed by atoms with Crippen molar-refractivity contribution in [3.8, 4) is 17.1 Å². The van der Waals surface area contributed by atoms with E-state index >= 15 is 0 Å². The Hall–Kier alpha value is -6.20.